The normalized spacial score (nSPS) is 23.7. The first kappa shape index (κ1) is 16.4. The molecule has 8 nitrogen and oxygen atoms in total. The van der Waals surface area contributed by atoms with Gasteiger partial charge in [-0.3, -0.25) is 19.7 Å². The largest absolute Gasteiger partial charge is 0.480 e. The van der Waals surface area contributed by atoms with Crippen LogP contribution in [-0.4, -0.2) is 61.9 Å². The van der Waals surface area contributed by atoms with Crippen LogP contribution in [-0.2, 0) is 23.9 Å². The van der Waals surface area contributed by atoms with Crippen LogP contribution in [0, 0.1) is 0 Å². The van der Waals surface area contributed by atoms with Crippen LogP contribution in [0.3, 0.4) is 0 Å². The molecule has 0 bridgehead atoms. The highest BCUT2D eigenvalue weighted by Crippen LogP contribution is 2.14. The Kier molecular flexibility index (Phi) is 6.40. The molecule has 1 saturated heterocycles. The monoisotopic (exact) mass is 288 g/mol. The lowest BCUT2D eigenvalue weighted by atomic mass is 9.98. The smallest absolute Gasteiger partial charge is 0.324 e. The summed E-state index contributed by atoms with van der Waals surface area (Å²) >= 11 is 0. The number of carbonyl (C=O) groups is 3. The topological polar surface area (TPSA) is 114 Å². The fraction of sp³-hybridized carbons (Fsp3) is 0.750. The Hall–Kier alpha value is -1.67. The lowest BCUT2D eigenvalue weighted by Crippen LogP contribution is -2.51. The van der Waals surface area contributed by atoms with Gasteiger partial charge in [0.05, 0.1) is 7.11 Å². The number of carbonyl (C=O) groups excluding carboxylic acids is 2. The van der Waals surface area contributed by atoms with Gasteiger partial charge in [0, 0.05) is 0 Å². The molecule has 114 valence electrons. The highest BCUT2D eigenvalue weighted by atomic mass is 16.5. The number of piperidine rings is 1. The number of hydrogen-bond donors (Lipinski definition) is 3. The Morgan fingerprint density at radius 1 is 1.30 bits per heavy atom. The van der Waals surface area contributed by atoms with E-state index in [0.29, 0.717) is 19.3 Å². The zero-order valence-corrected chi connectivity index (χ0v) is 11.5. The maximum atomic E-state index is 11.8. The van der Waals surface area contributed by atoms with Gasteiger partial charge in [-0.25, -0.2) is 0 Å². The summed E-state index contributed by atoms with van der Waals surface area (Å²) < 4.78 is 9.58. The summed E-state index contributed by atoms with van der Waals surface area (Å²) in [6, 6.07) is -2.08. The second kappa shape index (κ2) is 7.81. The van der Waals surface area contributed by atoms with Gasteiger partial charge in [0.25, 0.3) is 0 Å². The van der Waals surface area contributed by atoms with Crippen LogP contribution in [0.2, 0.25) is 0 Å². The molecule has 0 aliphatic carbocycles. The van der Waals surface area contributed by atoms with Crippen molar-refractivity contribution in [1.82, 2.24) is 10.6 Å². The van der Waals surface area contributed by atoms with Gasteiger partial charge in [-0.05, 0) is 26.3 Å². The van der Waals surface area contributed by atoms with Gasteiger partial charge >= 0.3 is 17.9 Å². The molecule has 1 heterocycles. The quantitative estimate of drug-likeness (QED) is 0.527. The van der Waals surface area contributed by atoms with E-state index in [1.165, 1.54) is 14.2 Å². The molecule has 8 heteroatoms. The van der Waals surface area contributed by atoms with Crippen molar-refractivity contribution in [3.63, 3.8) is 0 Å². The van der Waals surface area contributed by atoms with Gasteiger partial charge in [0.2, 0.25) is 0 Å². The third-order valence-corrected chi connectivity index (χ3v) is 3.20. The lowest BCUT2D eigenvalue weighted by Gasteiger charge is -2.28. The Morgan fingerprint density at radius 3 is 2.40 bits per heavy atom. The molecule has 1 aliphatic rings. The molecule has 1 unspecified atom stereocenters. The third-order valence-electron chi connectivity index (χ3n) is 3.20. The zero-order valence-electron chi connectivity index (χ0n) is 11.5. The van der Waals surface area contributed by atoms with E-state index in [4.69, 9.17) is 9.84 Å². The number of nitrogens with one attached hydrogen (secondary N) is 2. The number of carboxylic acids is 1. The second-order valence-electron chi connectivity index (χ2n) is 4.54. The van der Waals surface area contributed by atoms with Crippen LogP contribution < -0.4 is 10.6 Å². The van der Waals surface area contributed by atoms with Crippen LogP contribution in [0.1, 0.15) is 19.3 Å². The molecule has 0 spiro atoms. The highest BCUT2D eigenvalue weighted by Gasteiger charge is 2.32. The lowest BCUT2D eigenvalue weighted by molar-refractivity contribution is -0.152. The molecule has 3 N–H and O–H groups in total. The summed E-state index contributed by atoms with van der Waals surface area (Å²) in [5.74, 6) is -2.06. The maximum Gasteiger partial charge on any atom is 0.324 e. The van der Waals surface area contributed by atoms with Gasteiger partial charge in [-0.2, -0.15) is 0 Å². The van der Waals surface area contributed by atoms with E-state index < -0.39 is 36.0 Å². The Bertz CT molecular complexity index is 373. The highest BCUT2D eigenvalue weighted by molar-refractivity contribution is 5.80. The van der Waals surface area contributed by atoms with Crippen molar-refractivity contribution in [1.29, 1.82) is 0 Å². The molecule has 0 aromatic carbocycles. The fourth-order valence-corrected chi connectivity index (χ4v) is 1.99. The van der Waals surface area contributed by atoms with Gasteiger partial charge in [-0.15, -0.1) is 0 Å². The first-order chi connectivity index (χ1) is 9.49. The molecule has 1 aliphatic heterocycles. The standard InChI is InChI=1S/C12H20N2O6/c1-13-9(10(15)16)6-20-12(18)8-5-3-4-7(14-8)11(17)19-2/h7-9,13-14H,3-6H2,1-2H3,(H,15,16)/t7?,8-,9+/m1/s1. The van der Waals surface area contributed by atoms with E-state index in [1.807, 2.05) is 0 Å². The molecule has 0 saturated carbocycles. The predicted molar refractivity (Wildman–Crippen MR) is 68.0 cm³/mol. The Labute approximate surface area is 116 Å². The van der Waals surface area contributed by atoms with Gasteiger partial charge in [0.15, 0.2) is 0 Å². The summed E-state index contributed by atoms with van der Waals surface area (Å²) in [7, 11) is 2.76. The van der Waals surface area contributed by atoms with Crippen molar-refractivity contribution in [3.8, 4) is 0 Å². The Balaban J connectivity index is 2.46. The summed E-state index contributed by atoms with van der Waals surface area (Å²) in [4.78, 5) is 34.0. The molecule has 20 heavy (non-hydrogen) atoms. The minimum atomic E-state index is -1.09. The van der Waals surface area contributed by atoms with Crippen LogP contribution in [0.5, 0.6) is 0 Å². The van der Waals surface area contributed by atoms with Gasteiger partial charge in [-0.1, -0.05) is 0 Å². The molecule has 0 amide bonds. The summed E-state index contributed by atoms with van der Waals surface area (Å²) in [6.45, 7) is -0.258. The molecule has 0 radical (unpaired) electrons. The van der Waals surface area contributed by atoms with Crippen molar-refractivity contribution in [2.45, 2.75) is 37.4 Å². The van der Waals surface area contributed by atoms with Gasteiger partial charge < -0.3 is 19.9 Å². The van der Waals surface area contributed by atoms with Crippen molar-refractivity contribution in [2.24, 2.45) is 0 Å². The molecular weight excluding hydrogens is 268 g/mol. The van der Waals surface area contributed by atoms with Crippen LogP contribution in [0.25, 0.3) is 0 Å². The summed E-state index contributed by atoms with van der Waals surface area (Å²) in [6.07, 6.45) is 1.84. The minimum absolute atomic E-state index is 0.258. The molecular formula is C12H20N2O6. The number of esters is 2. The maximum absolute atomic E-state index is 11.8. The van der Waals surface area contributed by atoms with Crippen molar-refractivity contribution < 1.29 is 29.0 Å². The van der Waals surface area contributed by atoms with E-state index in [2.05, 4.69) is 15.4 Å². The number of aliphatic carboxylic acids is 1. The average molecular weight is 288 g/mol. The first-order valence-corrected chi connectivity index (χ1v) is 6.40. The predicted octanol–water partition coefficient (Wildman–Crippen LogP) is -1.11. The number of methoxy groups -OCH3 is 1. The first-order valence-electron chi connectivity index (χ1n) is 6.40. The number of likely N-dealkylation sites (N-methyl/N-ethyl adjacent to an activating group) is 1. The second-order valence-corrected chi connectivity index (χ2v) is 4.54. The molecule has 0 aromatic rings. The molecule has 3 atom stereocenters. The van der Waals surface area contributed by atoms with E-state index >= 15 is 0 Å². The summed E-state index contributed by atoms with van der Waals surface area (Å²) in [5.41, 5.74) is 0. The fourth-order valence-electron chi connectivity index (χ4n) is 1.99. The SMILES string of the molecule is CN[C@@H](COC(=O)[C@H]1CCCC(C(=O)OC)N1)C(=O)O. The van der Waals surface area contributed by atoms with Crippen molar-refractivity contribution in [2.75, 3.05) is 20.8 Å². The van der Waals surface area contributed by atoms with E-state index in [9.17, 15) is 14.4 Å². The number of carboxylic acid groups (broad SMARTS) is 1. The molecule has 1 fully saturated rings. The van der Waals surface area contributed by atoms with Crippen LogP contribution in [0.4, 0.5) is 0 Å². The van der Waals surface area contributed by atoms with Crippen LogP contribution in [0.15, 0.2) is 0 Å². The Morgan fingerprint density at radius 2 is 1.90 bits per heavy atom. The minimum Gasteiger partial charge on any atom is -0.480 e. The third kappa shape index (κ3) is 4.46. The average Bonchev–Trinajstić information content (AvgIpc) is 2.46. The number of rotatable bonds is 6. The zero-order chi connectivity index (χ0) is 15.1. The van der Waals surface area contributed by atoms with E-state index in [-0.39, 0.29) is 6.61 Å². The van der Waals surface area contributed by atoms with Crippen molar-refractivity contribution in [3.05, 3.63) is 0 Å². The molecule has 0 aromatic heterocycles. The van der Waals surface area contributed by atoms with E-state index in [0.717, 1.165) is 0 Å². The van der Waals surface area contributed by atoms with Gasteiger partial charge in [0.1, 0.15) is 24.7 Å². The van der Waals surface area contributed by atoms with Crippen LogP contribution >= 0.6 is 0 Å². The molecule has 1 rings (SSSR count). The van der Waals surface area contributed by atoms with Crippen molar-refractivity contribution >= 4 is 17.9 Å². The summed E-state index contributed by atoms with van der Waals surface area (Å²) in [5, 5.41) is 14.2. The number of ether oxygens (including phenoxy) is 2. The van der Waals surface area contributed by atoms with E-state index in [1.54, 1.807) is 0 Å². The number of hydrogen-bond acceptors (Lipinski definition) is 7.